The Morgan fingerprint density at radius 2 is 1.61 bits per heavy atom. The number of hydrogen-bond acceptors (Lipinski definition) is 5. The summed E-state index contributed by atoms with van der Waals surface area (Å²) in [4.78, 5) is 12.5. The van der Waals surface area contributed by atoms with Crippen molar-refractivity contribution in [2.75, 3.05) is 17.1 Å². The summed E-state index contributed by atoms with van der Waals surface area (Å²) in [6.45, 7) is 1.77. The SMILES string of the molecule is CC[C@H](Oc1ccccc1OC)C(=O)Nc1ccc(S(=O)(=O)Nc2ccc(Cl)c(C(F)(F)F)c2)cc1. The first-order valence-corrected chi connectivity index (χ1v) is 12.4. The van der Waals surface area contributed by atoms with E-state index in [1.807, 2.05) is 0 Å². The van der Waals surface area contributed by atoms with Crippen molar-refractivity contribution in [3.8, 4) is 11.5 Å². The van der Waals surface area contributed by atoms with Crippen LogP contribution in [0.1, 0.15) is 18.9 Å². The van der Waals surface area contributed by atoms with Gasteiger partial charge < -0.3 is 14.8 Å². The molecule has 0 bridgehead atoms. The Morgan fingerprint density at radius 1 is 1.00 bits per heavy atom. The molecule has 3 aromatic rings. The Hall–Kier alpha value is -3.44. The molecule has 1 atom stereocenters. The third kappa shape index (κ3) is 6.61. The number of ether oxygens (including phenoxy) is 2. The first kappa shape index (κ1) is 27.2. The van der Waals surface area contributed by atoms with Gasteiger partial charge in [-0.3, -0.25) is 9.52 Å². The number of alkyl halides is 3. The molecule has 0 heterocycles. The van der Waals surface area contributed by atoms with Crippen LogP contribution in [0.5, 0.6) is 11.5 Å². The Labute approximate surface area is 211 Å². The van der Waals surface area contributed by atoms with Gasteiger partial charge in [-0.1, -0.05) is 30.7 Å². The second-order valence-electron chi connectivity index (χ2n) is 7.48. The molecule has 0 saturated carbocycles. The van der Waals surface area contributed by atoms with Gasteiger partial charge in [0.2, 0.25) is 0 Å². The summed E-state index contributed by atoms with van der Waals surface area (Å²) in [5.41, 5.74) is -1.17. The fourth-order valence-corrected chi connectivity index (χ4v) is 4.43. The number of nitrogens with one attached hydrogen (secondary N) is 2. The number of carbonyl (C=O) groups is 1. The molecular weight excluding hydrogens is 521 g/mol. The van der Waals surface area contributed by atoms with E-state index in [1.165, 1.54) is 31.4 Å². The molecule has 0 radical (unpaired) electrons. The van der Waals surface area contributed by atoms with Gasteiger partial charge in [-0.25, -0.2) is 8.42 Å². The summed E-state index contributed by atoms with van der Waals surface area (Å²) >= 11 is 5.57. The molecule has 0 aliphatic carbocycles. The van der Waals surface area contributed by atoms with E-state index >= 15 is 0 Å². The van der Waals surface area contributed by atoms with Gasteiger partial charge >= 0.3 is 6.18 Å². The maximum absolute atomic E-state index is 13.1. The van der Waals surface area contributed by atoms with Crippen LogP contribution in [0.2, 0.25) is 5.02 Å². The van der Waals surface area contributed by atoms with Gasteiger partial charge in [0.15, 0.2) is 17.6 Å². The number of para-hydroxylation sites is 2. The number of amides is 1. The highest BCUT2D eigenvalue weighted by molar-refractivity contribution is 7.92. The van der Waals surface area contributed by atoms with Crippen molar-refractivity contribution in [1.29, 1.82) is 0 Å². The van der Waals surface area contributed by atoms with Crippen LogP contribution >= 0.6 is 11.6 Å². The summed E-state index contributed by atoms with van der Waals surface area (Å²) in [6.07, 6.45) is -5.25. The largest absolute Gasteiger partial charge is 0.493 e. The zero-order valence-corrected chi connectivity index (χ0v) is 20.7. The van der Waals surface area contributed by atoms with E-state index in [0.29, 0.717) is 29.7 Å². The van der Waals surface area contributed by atoms with Gasteiger partial charge in [0.1, 0.15) is 0 Å². The van der Waals surface area contributed by atoms with E-state index in [4.69, 9.17) is 21.1 Å². The lowest BCUT2D eigenvalue weighted by molar-refractivity contribution is -0.137. The number of benzene rings is 3. The second-order valence-corrected chi connectivity index (χ2v) is 9.57. The monoisotopic (exact) mass is 542 g/mol. The molecule has 1 amide bonds. The van der Waals surface area contributed by atoms with Gasteiger partial charge in [-0.05, 0) is 61.0 Å². The smallest absolute Gasteiger partial charge is 0.417 e. The molecule has 0 aliphatic heterocycles. The topological polar surface area (TPSA) is 93.7 Å². The number of hydrogen-bond donors (Lipinski definition) is 2. The van der Waals surface area contributed by atoms with Crippen LogP contribution in [0.25, 0.3) is 0 Å². The molecule has 0 aromatic heterocycles. The van der Waals surface area contributed by atoms with Crippen molar-refractivity contribution in [3.63, 3.8) is 0 Å². The lowest BCUT2D eigenvalue weighted by Gasteiger charge is -2.19. The van der Waals surface area contributed by atoms with Crippen molar-refractivity contribution in [1.82, 2.24) is 0 Å². The lowest BCUT2D eigenvalue weighted by Crippen LogP contribution is -2.32. The Bertz CT molecular complexity index is 1330. The number of halogens is 4. The highest BCUT2D eigenvalue weighted by atomic mass is 35.5. The maximum atomic E-state index is 13.1. The summed E-state index contributed by atoms with van der Waals surface area (Å²) in [5, 5.41) is 2.10. The van der Waals surface area contributed by atoms with Gasteiger partial charge in [-0.15, -0.1) is 0 Å². The van der Waals surface area contributed by atoms with Crippen molar-refractivity contribution in [2.45, 2.75) is 30.5 Å². The van der Waals surface area contributed by atoms with E-state index in [-0.39, 0.29) is 10.6 Å². The summed E-state index contributed by atoms with van der Waals surface area (Å²) in [7, 11) is -2.73. The molecule has 0 aliphatic rings. The first-order chi connectivity index (χ1) is 16.9. The van der Waals surface area contributed by atoms with Gasteiger partial charge in [-0.2, -0.15) is 13.2 Å². The molecule has 0 saturated heterocycles. The van der Waals surface area contributed by atoms with Crippen LogP contribution in [0, 0.1) is 0 Å². The molecule has 3 rings (SSSR count). The molecule has 0 fully saturated rings. The summed E-state index contributed by atoms with van der Waals surface area (Å²) in [6, 6.07) is 14.7. The number of rotatable bonds is 9. The first-order valence-electron chi connectivity index (χ1n) is 10.5. The normalized spacial score (nSPS) is 12.5. The van der Waals surface area contributed by atoms with E-state index in [0.717, 1.165) is 12.1 Å². The van der Waals surface area contributed by atoms with E-state index in [9.17, 15) is 26.4 Å². The highest BCUT2D eigenvalue weighted by Gasteiger charge is 2.33. The predicted octanol–water partition coefficient (Wildman–Crippen LogP) is 5.96. The minimum atomic E-state index is -4.75. The molecule has 12 heteroatoms. The van der Waals surface area contributed by atoms with E-state index in [1.54, 1.807) is 31.2 Å². The minimum absolute atomic E-state index is 0.221. The molecule has 3 aromatic carbocycles. The summed E-state index contributed by atoms with van der Waals surface area (Å²) in [5.74, 6) is 0.400. The lowest BCUT2D eigenvalue weighted by atomic mass is 10.2. The Morgan fingerprint density at radius 3 is 2.19 bits per heavy atom. The Kier molecular flexibility index (Phi) is 8.36. The number of sulfonamides is 1. The Balaban J connectivity index is 1.71. The van der Waals surface area contributed by atoms with Gasteiger partial charge in [0.25, 0.3) is 15.9 Å². The second kappa shape index (κ2) is 11.1. The van der Waals surface area contributed by atoms with Crippen LogP contribution < -0.4 is 19.5 Å². The number of anilines is 2. The van der Waals surface area contributed by atoms with E-state index in [2.05, 4.69) is 10.0 Å². The molecule has 2 N–H and O–H groups in total. The summed E-state index contributed by atoms with van der Waals surface area (Å²) < 4.78 is 77.6. The van der Waals surface area contributed by atoms with Crippen LogP contribution in [0.3, 0.4) is 0 Å². The molecule has 36 heavy (non-hydrogen) atoms. The average molecular weight is 543 g/mol. The van der Waals surface area contributed by atoms with Crippen molar-refractivity contribution in [3.05, 3.63) is 77.3 Å². The van der Waals surface area contributed by atoms with Crippen molar-refractivity contribution < 1.29 is 35.9 Å². The third-order valence-corrected chi connectivity index (χ3v) is 6.68. The maximum Gasteiger partial charge on any atom is 0.417 e. The zero-order valence-electron chi connectivity index (χ0n) is 19.1. The quantitative estimate of drug-likeness (QED) is 0.348. The number of methoxy groups -OCH3 is 1. The predicted molar refractivity (Wildman–Crippen MR) is 130 cm³/mol. The van der Waals surface area contributed by atoms with Crippen LogP contribution in [-0.2, 0) is 21.0 Å². The molecule has 0 unspecified atom stereocenters. The van der Waals surface area contributed by atoms with Crippen LogP contribution in [0.4, 0.5) is 24.5 Å². The van der Waals surface area contributed by atoms with Gasteiger partial charge in [0, 0.05) is 11.4 Å². The minimum Gasteiger partial charge on any atom is -0.493 e. The third-order valence-electron chi connectivity index (χ3n) is 4.96. The molecule has 7 nitrogen and oxygen atoms in total. The van der Waals surface area contributed by atoms with Crippen LogP contribution in [0.15, 0.2) is 71.6 Å². The van der Waals surface area contributed by atoms with Crippen LogP contribution in [-0.4, -0.2) is 27.5 Å². The molecule has 192 valence electrons. The average Bonchev–Trinajstić information content (AvgIpc) is 2.83. The zero-order chi connectivity index (χ0) is 26.5. The van der Waals surface area contributed by atoms with Crippen molar-refractivity contribution in [2.24, 2.45) is 0 Å². The highest BCUT2D eigenvalue weighted by Crippen LogP contribution is 2.36. The number of carbonyl (C=O) groups excluding carboxylic acids is 1. The standard InChI is InChI=1S/C24H22ClF3N2O5S/c1-3-20(35-22-7-5-4-6-21(22)34-2)23(31)29-15-8-11-17(12-9-15)36(32,33)30-16-10-13-19(25)18(14-16)24(26,27)28/h4-14,20,30H,3H2,1-2H3,(H,29,31)/t20-/m0/s1. The van der Waals surface area contributed by atoms with E-state index < -0.39 is 38.8 Å². The van der Waals surface area contributed by atoms with Crippen molar-refractivity contribution >= 4 is 38.9 Å². The fourth-order valence-electron chi connectivity index (χ4n) is 3.15. The molecule has 0 spiro atoms. The molecular formula is C24H22ClF3N2O5S. The fraction of sp³-hybridized carbons (Fsp3) is 0.208. The van der Waals surface area contributed by atoms with Gasteiger partial charge in [0.05, 0.1) is 22.6 Å².